The van der Waals surface area contributed by atoms with E-state index in [9.17, 15) is 0 Å². The van der Waals surface area contributed by atoms with Crippen LogP contribution in [0.25, 0.3) is 5.57 Å². The zero-order valence-electron chi connectivity index (χ0n) is 5.22. The zero-order chi connectivity index (χ0) is 6.85. The summed E-state index contributed by atoms with van der Waals surface area (Å²) < 4.78 is 0. The third kappa shape index (κ3) is 1.33. The van der Waals surface area contributed by atoms with E-state index in [1.807, 2.05) is 12.3 Å². The Morgan fingerprint density at radius 3 is 2.67 bits per heavy atom. The number of hydrogen-bond donors (Lipinski definition) is 1. The van der Waals surface area contributed by atoms with Crippen LogP contribution in [0, 0.1) is 0 Å². The number of allylic oxidation sites excluding steroid dienone is 1. The lowest BCUT2D eigenvalue weighted by atomic mass is 10.2. The van der Waals surface area contributed by atoms with Gasteiger partial charge in [0.05, 0.1) is 0 Å². The second-order valence-corrected chi connectivity index (χ2v) is 2.84. The Kier molecular flexibility index (Phi) is 1.58. The van der Waals surface area contributed by atoms with E-state index in [0.29, 0.717) is 5.06 Å². The van der Waals surface area contributed by atoms with Crippen molar-refractivity contribution in [3.05, 3.63) is 23.6 Å². The van der Waals surface area contributed by atoms with Gasteiger partial charge in [0.2, 0.25) is 0 Å². The molecule has 0 bridgehead atoms. The molecule has 1 N–H and O–H groups in total. The highest BCUT2D eigenvalue weighted by molar-refractivity contribution is 7.11. The van der Waals surface area contributed by atoms with Gasteiger partial charge in [0.15, 0.2) is 5.06 Å². The quantitative estimate of drug-likeness (QED) is 0.635. The number of thiophene rings is 1. The van der Waals surface area contributed by atoms with E-state index >= 15 is 0 Å². The van der Waals surface area contributed by atoms with Gasteiger partial charge in [-0.2, -0.15) is 0 Å². The average molecular weight is 140 g/mol. The number of aromatic hydroxyl groups is 1. The summed E-state index contributed by atoms with van der Waals surface area (Å²) in [5, 5.41) is 11.1. The molecule has 1 rings (SSSR count). The van der Waals surface area contributed by atoms with Crippen molar-refractivity contribution in [1.82, 2.24) is 0 Å². The fourth-order valence-corrected chi connectivity index (χ4v) is 1.26. The van der Waals surface area contributed by atoms with Gasteiger partial charge in [0, 0.05) is 5.38 Å². The van der Waals surface area contributed by atoms with Crippen molar-refractivity contribution in [2.24, 2.45) is 0 Å². The molecule has 9 heavy (non-hydrogen) atoms. The Morgan fingerprint density at radius 1 is 1.78 bits per heavy atom. The van der Waals surface area contributed by atoms with Crippen LogP contribution in [0.15, 0.2) is 18.0 Å². The highest BCUT2D eigenvalue weighted by Crippen LogP contribution is 2.24. The van der Waals surface area contributed by atoms with Gasteiger partial charge in [-0.25, -0.2) is 0 Å². The first-order valence-electron chi connectivity index (χ1n) is 2.63. The topological polar surface area (TPSA) is 20.2 Å². The van der Waals surface area contributed by atoms with Crippen molar-refractivity contribution >= 4 is 16.9 Å². The lowest BCUT2D eigenvalue weighted by molar-refractivity contribution is 0.491. The lowest BCUT2D eigenvalue weighted by Gasteiger charge is -1.87. The molecule has 2 heteroatoms. The summed E-state index contributed by atoms with van der Waals surface area (Å²) in [5.74, 6) is 0. The van der Waals surface area contributed by atoms with E-state index in [1.165, 1.54) is 11.3 Å². The van der Waals surface area contributed by atoms with E-state index in [0.717, 1.165) is 11.1 Å². The molecule has 0 aliphatic carbocycles. The fourth-order valence-electron chi connectivity index (χ4n) is 0.549. The molecule has 0 aliphatic rings. The standard InChI is InChI=1S/C7H8OS/c1-5(2)6-3-7(8)9-4-6/h3-4,8H,1H2,2H3. The van der Waals surface area contributed by atoms with Crippen molar-refractivity contribution in [2.75, 3.05) is 0 Å². The van der Waals surface area contributed by atoms with Crippen LogP contribution < -0.4 is 0 Å². The second kappa shape index (κ2) is 2.23. The summed E-state index contributed by atoms with van der Waals surface area (Å²) in [4.78, 5) is 0. The summed E-state index contributed by atoms with van der Waals surface area (Å²) in [6, 6.07) is 1.72. The van der Waals surface area contributed by atoms with Gasteiger partial charge < -0.3 is 5.11 Å². The van der Waals surface area contributed by atoms with Crippen molar-refractivity contribution in [2.45, 2.75) is 6.92 Å². The summed E-state index contributed by atoms with van der Waals surface area (Å²) in [5.41, 5.74) is 2.02. The molecule has 0 saturated carbocycles. The smallest absolute Gasteiger partial charge is 0.171 e. The monoisotopic (exact) mass is 140 g/mol. The minimum Gasteiger partial charge on any atom is -0.499 e. The number of hydrogen-bond acceptors (Lipinski definition) is 2. The summed E-state index contributed by atoms with van der Waals surface area (Å²) in [6.45, 7) is 5.65. The molecule has 1 aromatic heterocycles. The van der Waals surface area contributed by atoms with E-state index in [2.05, 4.69) is 6.58 Å². The van der Waals surface area contributed by atoms with Crippen molar-refractivity contribution < 1.29 is 5.11 Å². The highest BCUT2D eigenvalue weighted by atomic mass is 32.1. The maximum atomic E-state index is 8.88. The maximum Gasteiger partial charge on any atom is 0.171 e. The molecule has 0 unspecified atom stereocenters. The third-order valence-corrected chi connectivity index (χ3v) is 1.81. The van der Waals surface area contributed by atoms with Crippen LogP contribution in [0.2, 0.25) is 0 Å². The Balaban J connectivity index is 2.98. The van der Waals surface area contributed by atoms with E-state index in [-0.39, 0.29) is 0 Å². The third-order valence-electron chi connectivity index (χ3n) is 1.08. The van der Waals surface area contributed by atoms with Gasteiger partial charge in [-0.3, -0.25) is 0 Å². The molecule has 48 valence electrons. The number of rotatable bonds is 1. The van der Waals surface area contributed by atoms with Gasteiger partial charge in [-0.15, -0.1) is 11.3 Å². The lowest BCUT2D eigenvalue weighted by Crippen LogP contribution is -1.65. The minimum atomic E-state index is 0.355. The van der Waals surface area contributed by atoms with E-state index < -0.39 is 0 Å². The van der Waals surface area contributed by atoms with Crippen molar-refractivity contribution in [3.8, 4) is 5.06 Å². The van der Waals surface area contributed by atoms with Crippen LogP contribution in [0.4, 0.5) is 0 Å². The molecule has 0 fully saturated rings. The van der Waals surface area contributed by atoms with Crippen LogP contribution >= 0.6 is 11.3 Å². The predicted octanol–water partition coefficient (Wildman–Crippen LogP) is 2.49. The van der Waals surface area contributed by atoms with Crippen LogP contribution in [0.5, 0.6) is 5.06 Å². The first-order valence-corrected chi connectivity index (χ1v) is 3.51. The van der Waals surface area contributed by atoms with Crippen LogP contribution in [0.1, 0.15) is 12.5 Å². The van der Waals surface area contributed by atoms with Crippen LogP contribution in [-0.4, -0.2) is 5.11 Å². The largest absolute Gasteiger partial charge is 0.499 e. The van der Waals surface area contributed by atoms with Crippen LogP contribution in [-0.2, 0) is 0 Å². The molecule has 0 aromatic carbocycles. The molecule has 0 spiro atoms. The molecule has 0 aliphatic heterocycles. The summed E-state index contributed by atoms with van der Waals surface area (Å²) in [6.07, 6.45) is 0. The van der Waals surface area contributed by atoms with Gasteiger partial charge in [0.25, 0.3) is 0 Å². The summed E-state index contributed by atoms with van der Waals surface area (Å²) in [7, 11) is 0. The molecule has 1 heterocycles. The average Bonchev–Trinajstić information content (AvgIpc) is 2.14. The van der Waals surface area contributed by atoms with E-state index in [1.54, 1.807) is 6.07 Å². The SMILES string of the molecule is C=C(C)c1csc(O)c1. The normalized spacial score (nSPS) is 9.44. The molecule has 0 atom stereocenters. The predicted molar refractivity (Wildman–Crippen MR) is 40.7 cm³/mol. The first-order chi connectivity index (χ1) is 4.20. The van der Waals surface area contributed by atoms with Crippen LogP contribution in [0.3, 0.4) is 0 Å². The Bertz CT molecular complexity index is 225. The van der Waals surface area contributed by atoms with Crippen molar-refractivity contribution in [3.63, 3.8) is 0 Å². The Morgan fingerprint density at radius 2 is 2.44 bits per heavy atom. The first kappa shape index (κ1) is 6.36. The molecule has 0 radical (unpaired) electrons. The van der Waals surface area contributed by atoms with Gasteiger partial charge >= 0.3 is 0 Å². The maximum absolute atomic E-state index is 8.88. The second-order valence-electron chi connectivity index (χ2n) is 1.95. The van der Waals surface area contributed by atoms with Crippen molar-refractivity contribution in [1.29, 1.82) is 0 Å². The summed E-state index contributed by atoms with van der Waals surface area (Å²) >= 11 is 1.33. The Hall–Kier alpha value is -0.760. The molecule has 1 nitrogen and oxygen atoms in total. The zero-order valence-corrected chi connectivity index (χ0v) is 6.03. The van der Waals surface area contributed by atoms with Gasteiger partial charge in [-0.1, -0.05) is 12.2 Å². The fraction of sp³-hybridized carbons (Fsp3) is 0.143. The highest BCUT2D eigenvalue weighted by Gasteiger charge is 1.95. The molecule has 0 saturated heterocycles. The molecular formula is C7H8OS. The Labute approximate surface area is 58.3 Å². The minimum absolute atomic E-state index is 0.355. The molecule has 0 amide bonds. The molecular weight excluding hydrogens is 132 g/mol. The van der Waals surface area contributed by atoms with Gasteiger partial charge in [0.1, 0.15) is 0 Å². The van der Waals surface area contributed by atoms with E-state index in [4.69, 9.17) is 5.11 Å². The molecule has 1 aromatic rings. The van der Waals surface area contributed by atoms with Gasteiger partial charge in [-0.05, 0) is 18.6 Å².